The first-order chi connectivity index (χ1) is 9.22. The number of anilines is 1. The number of benzene rings is 1. The van der Waals surface area contributed by atoms with Crippen LogP contribution in [0.2, 0.25) is 5.02 Å². The van der Waals surface area contributed by atoms with E-state index in [0.29, 0.717) is 0 Å². The molecule has 0 saturated carbocycles. The van der Waals surface area contributed by atoms with E-state index in [9.17, 15) is 0 Å². The second-order valence-electron chi connectivity index (χ2n) is 4.33. The van der Waals surface area contributed by atoms with Crippen LogP contribution < -0.4 is 10.2 Å². The first-order valence-corrected chi connectivity index (χ1v) is 7.42. The lowest BCUT2D eigenvalue weighted by molar-refractivity contribution is 0.154. The van der Waals surface area contributed by atoms with Gasteiger partial charge in [0.1, 0.15) is 0 Å². The van der Waals surface area contributed by atoms with Crippen molar-refractivity contribution < 1.29 is 4.74 Å². The van der Waals surface area contributed by atoms with Crippen molar-refractivity contribution in [3.05, 3.63) is 28.8 Å². The van der Waals surface area contributed by atoms with Crippen LogP contribution in [0.1, 0.15) is 26.3 Å². The van der Waals surface area contributed by atoms with Gasteiger partial charge in [0.15, 0.2) is 0 Å². The Balaban J connectivity index is 2.68. The van der Waals surface area contributed by atoms with Gasteiger partial charge in [0.2, 0.25) is 0 Å². The summed E-state index contributed by atoms with van der Waals surface area (Å²) in [6.07, 6.45) is 0. The maximum Gasteiger partial charge on any atom is 0.0641 e. The average molecular weight is 285 g/mol. The minimum Gasteiger partial charge on any atom is -0.380 e. The number of hydrogen-bond acceptors (Lipinski definition) is 3. The average Bonchev–Trinajstić information content (AvgIpc) is 2.42. The highest BCUT2D eigenvalue weighted by Gasteiger charge is 2.07. The molecule has 0 atom stereocenters. The van der Waals surface area contributed by atoms with Gasteiger partial charge in [-0.15, -0.1) is 0 Å². The number of hydrogen-bond donors (Lipinski definition) is 1. The van der Waals surface area contributed by atoms with Gasteiger partial charge in [-0.2, -0.15) is 0 Å². The maximum atomic E-state index is 6.33. The van der Waals surface area contributed by atoms with E-state index in [4.69, 9.17) is 16.3 Å². The summed E-state index contributed by atoms with van der Waals surface area (Å²) < 4.78 is 5.41. The molecule has 0 aliphatic heterocycles. The molecule has 3 nitrogen and oxygen atoms in total. The molecular formula is C15H25ClN2O. The Morgan fingerprint density at radius 3 is 2.63 bits per heavy atom. The van der Waals surface area contributed by atoms with Crippen molar-refractivity contribution in [3.8, 4) is 0 Å². The van der Waals surface area contributed by atoms with Crippen LogP contribution in [0.25, 0.3) is 0 Å². The van der Waals surface area contributed by atoms with E-state index >= 15 is 0 Å². The van der Waals surface area contributed by atoms with Crippen LogP contribution in [0.4, 0.5) is 5.69 Å². The van der Waals surface area contributed by atoms with E-state index < -0.39 is 0 Å². The quantitative estimate of drug-likeness (QED) is 0.704. The normalized spacial score (nSPS) is 10.7. The lowest BCUT2D eigenvalue weighted by Gasteiger charge is -2.23. The largest absolute Gasteiger partial charge is 0.380 e. The van der Waals surface area contributed by atoms with Gasteiger partial charge < -0.3 is 15.0 Å². The van der Waals surface area contributed by atoms with Crippen LogP contribution >= 0.6 is 11.6 Å². The Hall–Kier alpha value is -0.770. The van der Waals surface area contributed by atoms with E-state index in [1.54, 1.807) is 0 Å². The summed E-state index contributed by atoms with van der Waals surface area (Å²) in [5.41, 5.74) is 2.31. The summed E-state index contributed by atoms with van der Waals surface area (Å²) >= 11 is 6.33. The fourth-order valence-corrected chi connectivity index (χ4v) is 2.17. The number of rotatable bonds is 9. The molecule has 0 fully saturated rings. The number of nitrogens with one attached hydrogen (secondary N) is 1. The molecule has 108 valence electrons. The smallest absolute Gasteiger partial charge is 0.0641 e. The Morgan fingerprint density at radius 1 is 1.26 bits per heavy atom. The van der Waals surface area contributed by atoms with E-state index in [1.165, 1.54) is 0 Å². The maximum absolute atomic E-state index is 6.33. The minimum atomic E-state index is 0.751. The fraction of sp³-hybridized carbons (Fsp3) is 0.600. The van der Waals surface area contributed by atoms with Gasteiger partial charge >= 0.3 is 0 Å². The van der Waals surface area contributed by atoms with Gasteiger partial charge in [0.25, 0.3) is 0 Å². The number of likely N-dealkylation sites (N-methyl/N-ethyl adjacent to an activating group) is 1. The van der Waals surface area contributed by atoms with E-state index in [2.05, 4.69) is 36.2 Å². The second-order valence-corrected chi connectivity index (χ2v) is 4.74. The Kier molecular flexibility index (Phi) is 7.87. The lowest BCUT2D eigenvalue weighted by atomic mass is 10.2. The topological polar surface area (TPSA) is 24.5 Å². The van der Waals surface area contributed by atoms with Gasteiger partial charge in [-0.25, -0.2) is 0 Å². The summed E-state index contributed by atoms with van der Waals surface area (Å²) in [6, 6.07) is 6.28. The van der Waals surface area contributed by atoms with Crippen molar-refractivity contribution in [3.63, 3.8) is 0 Å². The molecule has 0 aliphatic rings. The third kappa shape index (κ3) is 5.39. The van der Waals surface area contributed by atoms with Gasteiger partial charge in [0.05, 0.1) is 6.61 Å². The van der Waals surface area contributed by atoms with Crippen molar-refractivity contribution in [2.75, 3.05) is 37.7 Å². The highest BCUT2D eigenvalue weighted by molar-refractivity contribution is 6.31. The summed E-state index contributed by atoms with van der Waals surface area (Å²) in [6.45, 7) is 11.4. The second kappa shape index (κ2) is 9.18. The first-order valence-electron chi connectivity index (χ1n) is 7.04. The molecule has 0 amide bonds. The van der Waals surface area contributed by atoms with Crippen LogP contribution in [0.5, 0.6) is 0 Å². The Bertz CT molecular complexity index is 371. The molecule has 19 heavy (non-hydrogen) atoms. The molecule has 0 spiro atoms. The third-order valence-electron chi connectivity index (χ3n) is 3.06. The van der Waals surface area contributed by atoms with Gasteiger partial charge in [-0.3, -0.25) is 0 Å². The van der Waals surface area contributed by atoms with Crippen LogP contribution in [-0.2, 0) is 11.3 Å². The summed E-state index contributed by atoms with van der Waals surface area (Å²) in [7, 11) is 0. The highest BCUT2D eigenvalue weighted by atomic mass is 35.5. The van der Waals surface area contributed by atoms with Gasteiger partial charge in [-0.05, 0) is 38.1 Å². The van der Waals surface area contributed by atoms with E-state index in [-0.39, 0.29) is 0 Å². The zero-order chi connectivity index (χ0) is 14.1. The van der Waals surface area contributed by atoms with Crippen molar-refractivity contribution in [1.82, 2.24) is 5.32 Å². The summed E-state index contributed by atoms with van der Waals surface area (Å²) in [4.78, 5) is 2.28. The predicted molar refractivity (Wildman–Crippen MR) is 83.2 cm³/mol. The molecule has 0 heterocycles. The zero-order valence-corrected chi connectivity index (χ0v) is 13.0. The fourth-order valence-electron chi connectivity index (χ4n) is 1.92. The Morgan fingerprint density at radius 2 is 2.05 bits per heavy atom. The molecule has 0 saturated heterocycles. The van der Waals surface area contributed by atoms with E-state index in [1.807, 2.05) is 13.0 Å². The SMILES string of the molecule is CCNCc1ccc(N(CC)CCOCC)cc1Cl. The molecule has 1 aromatic carbocycles. The molecule has 1 aromatic rings. The van der Waals surface area contributed by atoms with Gasteiger partial charge in [-0.1, -0.05) is 24.6 Å². The molecular weight excluding hydrogens is 260 g/mol. The highest BCUT2D eigenvalue weighted by Crippen LogP contribution is 2.23. The standard InChI is InChI=1S/C15H25ClN2O/c1-4-17-12-13-7-8-14(11-15(13)16)18(5-2)9-10-19-6-3/h7-8,11,17H,4-6,9-10,12H2,1-3H3. The number of halogens is 1. The first kappa shape index (κ1) is 16.3. The molecule has 0 aromatic heterocycles. The van der Waals surface area contributed by atoms with Crippen LogP contribution in [0.3, 0.4) is 0 Å². The van der Waals surface area contributed by atoms with Crippen LogP contribution in [0, 0.1) is 0 Å². The molecule has 4 heteroatoms. The molecule has 0 bridgehead atoms. The minimum absolute atomic E-state index is 0.751. The van der Waals surface area contributed by atoms with E-state index in [0.717, 1.165) is 55.7 Å². The Labute approximate surface area is 121 Å². The molecule has 0 radical (unpaired) electrons. The molecule has 0 unspecified atom stereocenters. The van der Waals surface area contributed by atoms with Crippen molar-refractivity contribution in [1.29, 1.82) is 0 Å². The zero-order valence-electron chi connectivity index (χ0n) is 12.2. The third-order valence-corrected chi connectivity index (χ3v) is 3.41. The van der Waals surface area contributed by atoms with Gasteiger partial charge in [0, 0.05) is 37.0 Å². The number of ether oxygens (including phenoxy) is 1. The van der Waals surface area contributed by atoms with Crippen molar-refractivity contribution in [2.45, 2.75) is 27.3 Å². The monoisotopic (exact) mass is 284 g/mol. The van der Waals surface area contributed by atoms with Crippen LogP contribution in [0.15, 0.2) is 18.2 Å². The lowest BCUT2D eigenvalue weighted by Crippen LogP contribution is -2.27. The number of nitrogens with zero attached hydrogens (tertiary/aromatic N) is 1. The van der Waals surface area contributed by atoms with Crippen molar-refractivity contribution in [2.24, 2.45) is 0 Å². The molecule has 1 N–H and O–H groups in total. The van der Waals surface area contributed by atoms with Crippen LogP contribution in [-0.4, -0.2) is 32.8 Å². The molecule has 1 rings (SSSR count). The van der Waals surface area contributed by atoms with Crippen molar-refractivity contribution >= 4 is 17.3 Å². The summed E-state index contributed by atoms with van der Waals surface area (Å²) in [5.74, 6) is 0. The molecule has 0 aliphatic carbocycles. The predicted octanol–water partition coefficient (Wildman–Crippen LogP) is 3.31. The summed E-state index contributed by atoms with van der Waals surface area (Å²) in [5, 5.41) is 4.12.